The second kappa shape index (κ2) is 4.71. The van der Waals surface area contributed by atoms with Crippen LogP contribution in [0.5, 0.6) is 0 Å². The second-order valence-corrected chi connectivity index (χ2v) is 3.56. The monoisotopic (exact) mass is 213 g/mol. The molecular weight excluding hydrogens is 198 g/mol. The summed E-state index contributed by atoms with van der Waals surface area (Å²) in [6.07, 6.45) is 4.78. The zero-order chi connectivity index (χ0) is 9.26. The largest absolute Gasteiger partial charge is 0.324 e. The first-order valence-electron chi connectivity index (χ1n) is 4.86. The van der Waals surface area contributed by atoms with Gasteiger partial charge in [-0.1, -0.05) is 0 Å². The molecule has 1 aromatic heterocycles. The molecule has 0 fully saturated rings. The van der Waals surface area contributed by atoms with Crippen LogP contribution in [0.15, 0.2) is 0 Å². The van der Waals surface area contributed by atoms with Gasteiger partial charge in [-0.2, -0.15) is 0 Å². The zero-order valence-corrected chi connectivity index (χ0v) is 9.23. The Morgan fingerprint density at radius 1 is 1.21 bits per heavy atom. The van der Waals surface area contributed by atoms with Gasteiger partial charge in [-0.25, -0.2) is 9.97 Å². The summed E-state index contributed by atoms with van der Waals surface area (Å²) in [5.41, 5.74) is 9.26. The molecule has 0 atom stereocenters. The van der Waals surface area contributed by atoms with E-state index in [1.54, 1.807) is 0 Å². The Bertz CT molecular complexity index is 325. The molecule has 0 saturated carbocycles. The zero-order valence-electron chi connectivity index (χ0n) is 8.42. The molecule has 0 saturated heterocycles. The van der Waals surface area contributed by atoms with Crippen LogP contribution in [0.3, 0.4) is 0 Å². The SMILES string of the molecule is Cc1nc(CN)nc2c1CCCC2.Cl. The van der Waals surface area contributed by atoms with Crippen molar-refractivity contribution < 1.29 is 0 Å². The van der Waals surface area contributed by atoms with Crippen molar-refractivity contribution in [3.63, 3.8) is 0 Å². The number of aryl methyl sites for hydroxylation is 2. The molecule has 1 heterocycles. The smallest absolute Gasteiger partial charge is 0.142 e. The standard InChI is InChI=1S/C10H15N3.ClH/c1-7-8-4-2-3-5-9(8)13-10(6-11)12-7;/h2-6,11H2,1H3;1H. The first-order valence-corrected chi connectivity index (χ1v) is 4.86. The minimum absolute atomic E-state index is 0. The Kier molecular flexibility index (Phi) is 3.84. The van der Waals surface area contributed by atoms with Crippen LogP contribution in [0, 0.1) is 6.92 Å². The number of aromatic nitrogens is 2. The lowest BCUT2D eigenvalue weighted by molar-refractivity contribution is 0.647. The van der Waals surface area contributed by atoms with Crippen molar-refractivity contribution in [1.29, 1.82) is 0 Å². The predicted octanol–water partition coefficient (Wildman–Crippen LogP) is 1.54. The van der Waals surface area contributed by atoms with E-state index in [1.807, 2.05) is 0 Å². The van der Waals surface area contributed by atoms with Crippen molar-refractivity contribution in [2.75, 3.05) is 0 Å². The van der Waals surface area contributed by atoms with E-state index in [2.05, 4.69) is 16.9 Å². The average Bonchev–Trinajstić information content (AvgIpc) is 2.18. The summed E-state index contributed by atoms with van der Waals surface area (Å²) < 4.78 is 0. The third kappa shape index (κ3) is 2.04. The van der Waals surface area contributed by atoms with Crippen LogP contribution in [0.4, 0.5) is 0 Å². The Hall–Kier alpha value is -0.670. The predicted molar refractivity (Wildman–Crippen MR) is 58.6 cm³/mol. The van der Waals surface area contributed by atoms with Gasteiger partial charge in [-0.05, 0) is 38.2 Å². The van der Waals surface area contributed by atoms with Crippen LogP contribution in [0.2, 0.25) is 0 Å². The van der Waals surface area contributed by atoms with E-state index in [9.17, 15) is 0 Å². The quantitative estimate of drug-likeness (QED) is 0.770. The van der Waals surface area contributed by atoms with E-state index >= 15 is 0 Å². The lowest BCUT2D eigenvalue weighted by atomic mass is 9.95. The number of fused-ring (bicyclic) bond motifs is 1. The summed E-state index contributed by atoms with van der Waals surface area (Å²) in [7, 11) is 0. The highest BCUT2D eigenvalue weighted by Gasteiger charge is 2.14. The van der Waals surface area contributed by atoms with Crippen LogP contribution >= 0.6 is 12.4 Å². The van der Waals surface area contributed by atoms with Gasteiger partial charge in [0.05, 0.1) is 6.54 Å². The first-order chi connectivity index (χ1) is 6.31. The number of hydrogen-bond donors (Lipinski definition) is 1. The van der Waals surface area contributed by atoms with Gasteiger partial charge < -0.3 is 5.73 Å². The molecular formula is C10H16ClN3. The Balaban J connectivity index is 0.000000980. The highest BCUT2D eigenvalue weighted by molar-refractivity contribution is 5.85. The summed E-state index contributed by atoms with van der Waals surface area (Å²) in [6.45, 7) is 2.51. The maximum absolute atomic E-state index is 5.53. The van der Waals surface area contributed by atoms with Gasteiger partial charge in [0.25, 0.3) is 0 Å². The molecule has 2 rings (SSSR count). The summed E-state index contributed by atoms with van der Waals surface area (Å²) in [5, 5.41) is 0. The highest BCUT2D eigenvalue weighted by atomic mass is 35.5. The third-order valence-electron chi connectivity index (χ3n) is 2.62. The molecule has 0 bridgehead atoms. The van der Waals surface area contributed by atoms with Gasteiger partial charge in [-0.3, -0.25) is 0 Å². The molecule has 0 aliphatic heterocycles. The van der Waals surface area contributed by atoms with E-state index in [0.29, 0.717) is 6.54 Å². The molecule has 1 aliphatic carbocycles. The normalized spacial score (nSPS) is 14.4. The molecule has 3 nitrogen and oxygen atoms in total. The van der Waals surface area contributed by atoms with Gasteiger partial charge in [0.1, 0.15) is 5.82 Å². The summed E-state index contributed by atoms with van der Waals surface area (Å²) in [5.74, 6) is 0.790. The fourth-order valence-corrected chi connectivity index (χ4v) is 1.94. The van der Waals surface area contributed by atoms with E-state index in [1.165, 1.54) is 24.1 Å². The number of hydrogen-bond acceptors (Lipinski definition) is 3. The molecule has 1 aliphatic rings. The summed E-state index contributed by atoms with van der Waals surface area (Å²) >= 11 is 0. The number of rotatable bonds is 1. The van der Waals surface area contributed by atoms with Crippen LogP contribution in [-0.2, 0) is 19.4 Å². The van der Waals surface area contributed by atoms with Gasteiger partial charge in [0.15, 0.2) is 0 Å². The second-order valence-electron chi connectivity index (χ2n) is 3.56. The van der Waals surface area contributed by atoms with Crippen molar-refractivity contribution in [2.45, 2.75) is 39.2 Å². The molecule has 78 valence electrons. The summed E-state index contributed by atoms with van der Waals surface area (Å²) in [6, 6.07) is 0. The highest BCUT2D eigenvalue weighted by Crippen LogP contribution is 2.21. The lowest BCUT2D eigenvalue weighted by Crippen LogP contribution is -2.13. The van der Waals surface area contributed by atoms with Crippen molar-refractivity contribution in [3.05, 3.63) is 22.8 Å². The molecule has 2 N–H and O–H groups in total. The number of halogens is 1. The van der Waals surface area contributed by atoms with E-state index in [4.69, 9.17) is 5.73 Å². The van der Waals surface area contributed by atoms with Gasteiger partial charge >= 0.3 is 0 Å². The minimum atomic E-state index is 0. The number of nitrogens with zero attached hydrogens (tertiary/aromatic N) is 2. The topological polar surface area (TPSA) is 51.8 Å². The maximum atomic E-state index is 5.53. The minimum Gasteiger partial charge on any atom is -0.324 e. The lowest BCUT2D eigenvalue weighted by Gasteiger charge is -2.16. The van der Waals surface area contributed by atoms with Crippen molar-refractivity contribution in [1.82, 2.24) is 9.97 Å². The Morgan fingerprint density at radius 3 is 2.64 bits per heavy atom. The Morgan fingerprint density at radius 2 is 1.93 bits per heavy atom. The van der Waals surface area contributed by atoms with Crippen LogP contribution in [0.1, 0.15) is 35.6 Å². The Labute approximate surface area is 90.5 Å². The average molecular weight is 214 g/mol. The maximum Gasteiger partial charge on any atom is 0.142 e. The molecule has 0 spiro atoms. The van der Waals surface area contributed by atoms with Gasteiger partial charge in [-0.15, -0.1) is 12.4 Å². The summed E-state index contributed by atoms with van der Waals surface area (Å²) in [4.78, 5) is 8.83. The van der Waals surface area contributed by atoms with E-state index in [-0.39, 0.29) is 12.4 Å². The molecule has 4 heteroatoms. The third-order valence-corrected chi connectivity index (χ3v) is 2.62. The number of nitrogens with two attached hydrogens (primary N) is 1. The van der Waals surface area contributed by atoms with Gasteiger partial charge in [0.2, 0.25) is 0 Å². The van der Waals surface area contributed by atoms with Crippen LogP contribution < -0.4 is 5.73 Å². The van der Waals surface area contributed by atoms with Crippen LogP contribution in [0.25, 0.3) is 0 Å². The van der Waals surface area contributed by atoms with Gasteiger partial charge in [0, 0.05) is 11.4 Å². The fraction of sp³-hybridized carbons (Fsp3) is 0.600. The molecule has 0 amide bonds. The van der Waals surface area contributed by atoms with E-state index in [0.717, 1.165) is 24.4 Å². The first kappa shape index (κ1) is 11.4. The van der Waals surface area contributed by atoms with Crippen LogP contribution in [-0.4, -0.2) is 9.97 Å². The molecule has 0 unspecified atom stereocenters. The van der Waals surface area contributed by atoms with Crippen molar-refractivity contribution in [2.24, 2.45) is 5.73 Å². The van der Waals surface area contributed by atoms with Crippen molar-refractivity contribution in [3.8, 4) is 0 Å². The van der Waals surface area contributed by atoms with Crippen molar-refractivity contribution >= 4 is 12.4 Å². The fourth-order valence-electron chi connectivity index (χ4n) is 1.94. The molecule has 0 radical (unpaired) electrons. The molecule has 1 aromatic rings. The molecule has 0 aromatic carbocycles. The van der Waals surface area contributed by atoms with E-state index < -0.39 is 0 Å². The molecule has 14 heavy (non-hydrogen) atoms.